The molecule has 5 nitrogen and oxygen atoms in total. The van der Waals surface area contributed by atoms with Crippen molar-refractivity contribution < 1.29 is 14.3 Å². The minimum Gasteiger partial charge on any atom is -0.460 e. The minimum absolute atomic E-state index is 0.159. The molecule has 0 aromatic heterocycles. The normalized spacial score (nSPS) is 19.5. The number of rotatable bonds is 4. The number of aryl methyl sites for hydroxylation is 1. The molecule has 3 rings (SSSR count). The lowest BCUT2D eigenvalue weighted by Crippen LogP contribution is -2.44. The van der Waals surface area contributed by atoms with E-state index in [9.17, 15) is 9.59 Å². The zero-order valence-electron chi connectivity index (χ0n) is 14.5. The van der Waals surface area contributed by atoms with E-state index in [1.165, 1.54) is 0 Å². The van der Waals surface area contributed by atoms with Gasteiger partial charge in [0.2, 0.25) is 0 Å². The van der Waals surface area contributed by atoms with Crippen molar-refractivity contribution >= 4 is 29.3 Å². The van der Waals surface area contributed by atoms with Crippen molar-refractivity contribution in [2.75, 3.05) is 0 Å². The summed E-state index contributed by atoms with van der Waals surface area (Å²) in [6.07, 6.45) is 0. The first-order chi connectivity index (χ1) is 12.5. The Bertz CT molecular complexity index is 862. The maximum Gasteiger partial charge on any atom is 0.341 e. The molecular weight excluding hydrogens is 352 g/mol. The molecular formula is C20H19ClN2O3. The second kappa shape index (κ2) is 7.70. The highest BCUT2D eigenvalue weighted by Gasteiger charge is 2.38. The van der Waals surface area contributed by atoms with Crippen LogP contribution in [0.5, 0.6) is 0 Å². The van der Waals surface area contributed by atoms with Gasteiger partial charge in [0.05, 0.1) is 6.04 Å². The maximum absolute atomic E-state index is 12.8. The van der Waals surface area contributed by atoms with Crippen LogP contribution in [0.15, 0.2) is 53.5 Å². The Hall–Kier alpha value is -2.66. The number of nitrogens with one attached hydrogen (secondary N) is 1. The summed E-state index contributed by atoms with van der Waals surface area (Å²) in [4.78, 5) is 28.5. The molecule has 0 bridgehead atoms. The highest BCUT2D eigenvalue weighted by Crippen LogP contribution is 2.32. The highest BCUT2D eigenvalue weighted by molar-refractivity contribution is 6.31. The van der Waals surface area contributed by atoms with Crippen LogP contribution >= 0.6 is 11.6 Å². The lowest BCUT2D eigenvalue weighted by molar-refractivity contribution is -0.148. The van der Waals surface area contributed by atoms with Crippen LogP contribution in [0.1, 0.15) is 29.7 Å². The first-order valence-corrected chi connectivity index (χ1v) is 8.66. The van der Waals surface area contributed by atoms with Crippen LogP contribution in [0.2, 0.25) is 5.02 Å². The monoisotopic (exact) mass is 370 g/mol. The van der Waals surface area contributed by atoms with Gasteiger partial charge in [0.25, 0.3) is 0 Å². The topological polar surface area (TPSA) is 67.8 Å². The predicted octanol–water partition coefficient (Wildman–Crippen LogP) is 4.23. The van der Waals surface area contributed by atoms with Gasteiger partial charge in [-0.05, 0) is 31.0 Å². The first kappa shape index (κ1) is 18.1. The molecule has 134 valence electrons. The highest BCUT2D eigenvalue weighted by atomic mass is 35.5. The van der Waals surface area contributed by atoms with E-state index in [0.717, 1.165) is 11.1 Å². The van der Waals surface area contributed by atoms with Crippen molar-refractivity contribution in [1.29, 1.82) is 0 Å². The third-order valence-electron chi connectivity index (χ3n) is 4.34. The van der Waals surface area contributed by atoms with Gasteiger partial charge in [0.15, 0.2) is 0 Å². The van der Waals surface area contributed by atoms with Crippen molar-refractivity contribution in [3.05, 3.63) is 70.2 Å². The molecule has 1 N–H and O–H groups in total. The number of amides is 2. The van der Waals surface area contributed by atoms with Crippen LogP contribution in [0, 0.1) is 12.8 Å². The summed E-state index contributed by atoms with van der Waals surface area (Å²) in [5.74, 6) is -1.17. The molecule has 0 radical (unpaired) electrons. The van der Waals surface area contributed by atoms with Crippen LogP contribution in [-0.2, 0) is 16.1 Å². The Morgan fingerprint density at radius 2 is 1.85 bits per heavy atom. The fraction of sp³-hybridized carbons (Fsp3) is 0.250. The molecule has 2 amide bonds. The molecule has 2 aromatic carbocycles. The maximum atomic E-state index is 12.8. The summed E-state index contributed by atoms with van der Waals surface area (Å²) in [5, 5.41) is 3.20. The number of hydrogen-bond acceptors (Lipinski definition) is 3. The Balaban J connectivity index is 1.82. The van der Waals surface area contributed by atoms with Gasteiger partial charge >= 0.3 is 12.0 Å². The summed E-state index contributed by atoms with van der Waals surface area (Å²) in [6.45, 7) is 3.81. The van der Waals surface area contributed by atoms with Gasteiger partial charge in [-0.15, -0.1) is 0 Å². The van der Waals surface area contributed by atoms with Crippen LogP contribution in [-0.4, -0.2) is 17.7 Å². The minimum atomic E-state index is -0.724. The third-order valence-corrected chi connectivity index (χ3v) is 4.68. The Morgan fingerprint density at radius 3 is 2.54 bits per heavy atom. The second-order valence-electron chi connectivity index (χ2n) is 6.27. The molecule has 6 heteroatoms. The van der Waals surface area contributed by atoms with Crippen molar-refractivity contribution in [2.45, 2.75) is 26.5 Å². The van der Waals surface area contributed by atoms with Gasteiger partial charge in [-0.3, -0.25) is 4.79 Å². The van der Waals surface area contributed by atoms with E-state index in [1.807, 2.05) is 37.3 Å². The number of urea groups is 1. The third kappa shape index (κ3) is 3.94. The van der Waals surface area contributed by atoms with Gasteiger partial charge in [-0.25, -0.2) is 9.79 Å². The van der Waals surface area contributed by atoms with Crippen molar-refractivity contribution in [3.63, 3.8) is 0 Å². The SMILES string of the molecule is CC1=NC(=O)NC(c2ccccc2Cl)C1C(=O)OCc1ccc(C)cc1. The summed E-state index contributed by atoms with van der Waals surface area (Å²) in [6, 6.07) is 13.8. The van der Waals surface area contributed by atoms with E-state index in [4.69, 9.17) is 16.3 Å². The van der Waals surface area contributed by atoms with Gasteiger partial charge in [-0.2, -0.15) is 0 Å². The van der Waals surface area contributed by atoms with Crippen LogP contribution in [0.3, 0.4) is 0 Å². The standard InChI is InChI=1S/C20H19ClN2O3/c1-12-7-9-14(10-8-12)11-26-19(24)17-13(2)22-20(25)23-18(17)15-5-3-4-6-16(15)21/h3-10,17-18H,11H2,1-2H3,(H,23,25). The van der Waals surface area contributed by atoms with Crippen molar-refractivity contribution in [2.24, 2.45) is 10.9 Å². The number of nitrogens with zero attached hydrogens (tertiary/aromatic N) is 1. The largest absolute Gasteiger partial charge is 0.460 e. The van der Waals surface area contributed by atoms with Crippen LogP contribution in [0.25, 0.3) is 0 Å². The van der Waals surface area contributed by atoms with Crippen molar-refractivity contribution in [1.82, 2.24) is 5.32 Å². The lowest BCUT2D eigenvalue weighted by Gasteiger charge is -2.30. The summed E-state index contributed by atoms with van der Waals surface area (Å²) in [7, 11) is 0. The summed E-state index contributed by atoms with van der Waals surface area (Å²) >= 11 is 6.27. The molecule has 0 spiro atoms. The van der Waals surface area contributed by atoms with Gasteiger partial charge in [0, 0.05) is 10.7 Å². The van der Waals surface area contributed by atoms with Gasteiger partial charge < -0.3 is 10.1 Å². The Kier molecular flexibility index (Phi) is 5.38. The van der Waals surface area contributed by atoms with E-state index in [1.54, 1.807) is 25.1 Å². The number of aliphatic imine (C=N–C) groups is 1. The molecule has 0 saturated carbocycles. The predicted molar refractivity (Wildman–Crippen MR) is 100 cm³/mol. The van der Waals surface area contributed by atoms with E-state index in [2.05, 4.69) is 10.3 Å². The second-order valence-corrected chi connectivity index (χ2v) is 6.68. The molecule has 1 heterocycles. The number of carbonyl (C=O) groups excluding carboxylic acids is 2. The molecule has 2 unspecified atom stereocenters. The number of esters is 1. The zero-order chi connectivity index (χ0) is 18.7. The van der Waals surface area contributed by atoms with E-state index in [-0.39, 0.29) is 6.61 Å². The zero-order valence-corrected chi connectivity index (χ0v) is 15.3. The molecule has 1 aliphatic heterocycles. The Labute approximate surface area is 157 Å². The molecule has 0 fully saturated rings. The number of halogens is 1. The van der Waals surface area contributed by atoms with Gasteiger partial charge in [0.1, 0.15) is 12.5 Å². The van der Waals surface area contributed by atoms with Crippen LogP contribution in [0.4, 0.5) is 4.79 Å². The molecule has 0 aliphatic carbocycles. The van der Waals surface area contributed by atoms with Crippen LogP contribution < -0.4 is 5.32 Å². The average molecular weight is 371 g/mol. The van der Waals surface area contributed by atoms with E-state index >= 15 is 0 Å². The first-order valence-electron chi connectivity index (χ1n) is 8.28. The van der Waals surface area contributed by atoms with E-state index in [0.29, 0.717) is 16.3 Å². The molecule has 2 atom stereocenters. The molecule has 2 aromatic rings. The number of hydrogen-bond donors (Lipinski definition) is 1. The van der Waals surface area contributed by atoms with Crippen molar-refractivity contribution in [3.8, 4) is 0 Å². The fourth-order valence-electron chi connectivity index (χ4n) is 2.94. The molecule has 1 aliphatic rings. The number of carbonyl (C=O) groups is 2. The summed E-state index contributed by atoms with van der Waals surface area (Å²) < 4.78 is 5.49. The molecule has 0 saturated heterocycles. The lowest BCUT2D eigenvalue weighted by atomic mass is 9.88. The number of ether oxygens (including phenoxy) is 1. The molecule has 26 heavy (non-hydrogen) atoms. The average Bonchev–Trinajstić information content (AvgIpc) is 2.61. The van der Waals surface area contributed by atoms with E-state index < -0.39 is 24.0 Å². The number of benzene rings is 2. The summed E-state index contributed by atoms with van der Waals surface area (Å²) in [5.41, 5.74) is 3.10. The van der Waals surface area contributed by atoms with Gasteiger partial charge in [-0.1, -0.05) is 59.6 Å². The fourth-order valence-corrected chi connectivity index (χ4v) is 3.19. The quantitative estimate of drug-likeness (QED) is 0.819. The Morgan fingerprint density at radius 1 is 1.15 bits per heavy atom. The smallest absolute Gasteiger partial charge is 0.341 e.